The number of hydrogen-bond donors (Lipinski definition) is 0. The molecule has 0 N–H and O–H groups in total. The van der Waals surface area contributed by atoms with Gasteiger partial charge in [0.1, 0.15) is 0 Å². The Morgan fingerprint density at radius 2 is 2.10 bits per heavy atom. The number of nitriles is 1. The standard InChI is InChI=1S/C15H8ClFN4/c16-13-7-10(9-18)6-12(15(13)17)14-8-11(2-4-19-14)21-5-1-3-20-21/h1-8H. The Balaban J connectivity index is 2.16. The minimum absolute atomic E-state index is 0.102. The van der Waals surface area contributed by atoms with Crippen LogP contribution in [0.3, 0.4) is 0 Å². The first-order valence-electron chi connectivity index (χ1n) is 6.04. The van der Waals surface area contributed by atoms with Gasteiger partial charge >= 0.3 is 0 Å². The normalized spacial score (nSPS) is 10.3. The molecule has 0 atom stereocenters. The van der Waals surface area contributed by atoms with Crippen LogP contribution in [0.2, 0.25) is 5.02 Å². The van der Waals surface area contributed by atoms with Crippen molar-refractivity contribution < 1.29 is 4.39 Å². The summed E-state index contributed by atoms with van der Waals surface area (Å²) in [5.41, 5.74) is 1.60. The molecule has 2 heterocycles. The maximum Gasteiger partial charge on any atom is 0.151 e. The summed E-state index contributed by atoms with van der Waals surface area (Å²) >= 11 is 5.82. The van der Waals surface area contributed by atoms with Crippen LogP contribution in [0.1, 0.15) is 5.56 Å². The van der Waals surface area contributed by atoms with Gasteiger partial charge in [0.05, 0.1) is 28.0 Å². The molecule has 0 amide bonds. The van der Waals surface area contributed by atoms with Crippen molar-refractivity contribution in [2.45, 2.75) is 0 Å². The number of aromatic nitrogens is 3. The molecule has 3 rings (SSSR count). The molecule has 0 spiro atoms. The van der Waals surface area contributed by atoms with Crippen LogP contribution in [0.15, 0.2) is 48.9 Å². The monoisotopic (exact) mass is 298 g/mol. The van der Waals surface area contributed by atoms with Crippen molar-refractivity contribution in [1.82, 2.24) is 14.8 Å². The lowest BCUT2D eigenvalue weighted by Gasteiger charge is -2.07. The van der Waals surface area contributed by atoms with Gasteiger partial charge in [0.25, 0.3) is 0 Å². The van der Waals surface area contributed by atoms with Crippen LogP contribution in [-0.2, 0) is 0 Å². The van der Waals surface area contributed by atoms with Gasteiger partial charge < -0.3 is 0 Å². The smallest absolute Gasteiger partial charge is 0.151 e. The Hall–Kier alpha value is -2.71. The van der Waals surface area contributed by atoms with Crippen LogP contribution in [0, 0.1) is 17.1 Å². The van der Waals surface area contributed by atoms with E-state index in [1.807, 2.05) is 6.07 Å². The van der Waals surface area contributed by atoms with Gasteiger partial charge in [-0.15, -0.1) is 0 Å². The quantitative estimate of drug-likeness (QED) is 0.726. The van der Waals surface area contributed by atoms with E-state index < -0.39 is 5.82 Å². The molecule has 21 heavy (non-hydrogen) atoms. The third-order valence-electron chi connectivity index (χ3n) is 2.95. The lowest BCUT2D eigenvalue weighted by molar-refractivity contribution is 0.631. The minimum Gasteiger partial charge on any atom is -0.256 e. The third-order valence-corrected chi connectivity index (χ3v) is 3.22. The second-order valence-electron chi connectivity index (χ2n) is 4.28. The van der Waals surface area contributed by atoms with Crippen LogP contribution in [-0.4, -0.2) is 14.8 Å². The average Bonchev–Trinajstić information content (AvgIpc) is 3.04. The number of pyridine rings is 1. The number of rotatable bonds is 2. The molecule has 0 radical (unpaired) electrons. The topological polar surface area (TPSA) is 54.5 Å². The number of benzene rings is 1. The summed E-state index contributed by atoms with van der Waals surface area (Å²) in [6.45, 7) is 0. The van der Waals surface area contributed by atoms with Gasteiger partial charge in [-0.2, -0.15) is 10.4 Å². The van der Waals surface area contributed by atoms with Gasteiger partial charge in [-0.3, -0.25) is 4.98 Å². The highest BCUT2D eigenvalue weighted by molar-refractivity contribution is 6.31. The molecule has 0 aliphatic heterocycles. The van der Waals surface area contributed by atoms with Gasteiger partial charge in [0.15, 0.2) is 5.82 Å². The van der Waals surface area contributed by atoms with Crippen molar-refractivity contribution in [2.24, 2.45) is 0 Å². The molecule has 0 saturated heterocycles. The molecule has 6 heteroatoms. The highest BCUT2D eigenvalue weighted by Gasteiger charge is 2.13. The fraction of sp³-hybridized carbons (Fsp3) is 0. The van der Waals surface area contributed by atoms with Crippen molar-refractivity contribution in [3.63, 3.8) is 0 Å². The lowest BCUT2D eigenvalue weighted by Crippen LogP contribution is -1.97. The van der Waals surface area contributed by atoms with E-state index in [0.29, 0.717) is 5.69 Å². The molecular formula is C15H8ClFN4. The van der Waals surface area contributed by atoms with Crippen LogP contribution in [0.25, 0.3) is 16.9 Å². The largest absolute Gasteiger partial charge is 0.256 e. The average molecular weight is 299 g/mol. The van der Waals surface area contributed by atoms with Crippen LogP contribution >= 0.6 is 11.6 Å². The Morgan fingerprint density at radius 1 is 1.24 bits per heavy atom. The molecule has 0 aliphatic rings. The number of hydrogen-bond acceptors (Lipinski definition) is 3. The zero-order valence-electron chi connectivity index (χ0n) is 10.7. The summed E-state index contributed by atoms with van der Waals surface area (Å²) < 4.78 is 15.8. The second kappa shape index (κ2) is 5.35. The zero-order valence-corrected chi connectivity index (χ0v) is 11.4. The van der Waals surface area contributed by atoms with E-state index in [2.05, 4.69) is 10.1 Å². The first kappa shape index (κ1) is 13.3. The minimum atomic E-state index is -0.596. The SMILES string of the molecule is N#Cc1cc(Cl)c(F)c(-c2cc(-n3cccn3)ccn2)c1. The maximum atomic E-state index is 14.2. The summed E-state index contributed by atoms with van der Waals surface area (Å²) in [6.07, 6.45) is 4.97. The van der Waals surface area contributed by atoms with Crippen molar-refractivity contribution in [3.8, 4) is 23.0 Å². The van der Waals surface area contributed by atoms with Gasteiger partial charge in [0.2, 0.25) is 0 Å². The van der Waals surface area contributed by atoms with Crippen molar-refractivity contribution in [3.05, 3.63) is 65.3 Å². The van der Waals surface area contributed by atoms with Gasteiger partial charge in [-0.25, -0.2) is 9.07 Å². The summed E-state index contributed by atoms with van der Waals surface area (Å²) in [5.74, 6) is -0.596. The molecule has 3 aromatic rings. The van der Waals surface area contributed by atoms with E-state index in [9.17, 15) is 4.39 Å². The Bertz CT molecular complexity index is 837. The van der Waals surface area contributed by atoms with E-state index in [-0.39, 0.29) is 16.1 Å². The van der Waals surface area contributed by atoms with Crippen LogP contribution in [0.4, 0.5) is 4.39 Å². The predicted octanol–water partition coefficient (Wildman–Crippen LogP) is 3.60. The molecular weight excluding hydrogens is 291 g/mol. The van der Waals surface area contributed by atoms with E-state index in [1.54, 1.807) is 41.5 Å². The number of nitrogens with zero attached hydrogens (tertiary/aromatic N) is 4. The van der Waals surface area contributed by atoms with Crippen molar-refractivity contribution in [2.75, 3.05) is 0 Å². The lowest BCUT2D eigenvalue weighted by atomic mass is 10.1. The summed E-state index contributed by atoms with van der Waals surface area (Å²) in [6, 6.07) is 9.89. The van der Waals surface area contributed by atoms with Gasteiger partial charge in [-0.1, -0.05) is 11.6 Å². The molecule has 4 nitrogen and oxygen atoms in total. The molecule has 2 aromatic heterocycles. The fourth-order valence-electron chi connectivity index (χ4n) is 1.97. The first-order valence-corrected chi connectivity index (χ1v) is 6.42. The summed E-state index contributed by atoms with van der Waals surface area (Å²) in [4.78, 5) is 4.15. The molecule has 0 aliphatic carbocycles. The molecule has 0 unspecified atom stereocenters. The van der Waals surface area contributed by atoms with Gasteiger partial charge in [-0.05, 0) is 30.3 Å². The fourth-order valence-corrected chi connectivity index (χ4v) is 2.19. The first-order chi connectivity index (χ1) is 10.2. The third kappa shape index (κ3) is 2.49. The highest BCUT2D eigenvalue weighted by atomic mass is 35.5. The molecule has 102 valence electrons. The maximum absolute atomic E-state index is 14.2. The van der Waals surface area contributed by atoms with Crippen LogP contribution < -0.4 is 0 Å². The van der Waals surface area contributed by atoms with Crippen molar-refractivity contribution >= 4 is 11.6 Å². The van der Waals surface area contributed by atoms with E-state index in [4.69, 9.17) is 16.9 Å². The zero-order chi connectivity index (χ0) is 14.8. The molecule has 0 saturated carbocycles. The Morgan fingerprint density at radius 3 is 2.81 bits per heavy atom. The summed E-state index contributed by atoms with van der Waals surface area (Å²) in [7, 11) is 0. The highest BCUT2D eigenvalue weighted by Crippen LogP contribution is 2.28. The second-order valence-corrected chi connectivity index (χ2v) is 4.69. The van der Waals surface area contributed by atoms with E-state index in [1.165, 1.54) is 12.1 Å². The number of halogens is 2. The predicted molar refractivity (Wildman–Crippen MR) is 76.5 cm³/mol. The van der Waals surface area contributed by atoms with E-state index in [0.717, 1.165) is 5.69 Å². The van der Waals surface area contributed by atoms with Gasteiger partial charge in [0, 0.05) is 24.2 Å². The molecule has 0 bridgehead atoms. The Labute approximate surface area is 125 Å². The van der Waals surface area contributed by atoms with E-state index >= 15 is 0 Å². The Kier molecular flexibility index (Phi) is 3.38. The molecule has 0 fully saturated rings. The molecule has 1 aromatic carbocycles. The van der Waals surface area contributed by atoms with Crippen molar-refractivity contribution in [1.29, 1.82) is 5.26 Å². The van der Waals surface area contributed by atoms with Crippen LogP contribution in [0.5, 0.6) is 0 Å². The summed E-state index contributed by atoms with van der Waals surface area (Å²) in [5, 5.41) is 13.0.